The van der Waals surface area contributed by atoms with E-state index in [0.29, 0.717) is 25.0 Å². The summed E-state index contributed by atoms with van der Waals surface area (Å²) >= 11 is 0. The second-order valence-corrected chi connectivity index (χ2v) is 4.69. The van der Waals surface area contributed by atoms with Crippen molar-refractivity contribution in [3.8, 4) is 11.5 Å². The highest BCUT2D eigenvalue weighted by Gasteiger charge is 2.10. The Kier molecular flexibility index (Phi) is 6.36. The number of hydrogen-bond acceptors (Lipinski definition) is 4. The second kappa shape index (κ2) is 7.79. The first-order valence-electron chi connectivity index (χ1n) is 6.62. The lowest BCUT2D eigenvalue weighted by Crippen LogP contribution is -2.13. The number of rotatable bonds is 8. The molecule has 0 aliphatic heterocycles. The van der Waals surface area contributed by atoms with Crippen molar-refractivity contribution in [3.05, 3.63) is 23.8 Å². The number of carbonyl (C=O) groups excluding carboxylic acids is 1. The summed E-state index contributed by atoms with van der Waals surface area (Å²) in [6.45, 7) is 1.98. The Balaban J connectivity index is 2.46. The van der Waals surface area contributed by atoms with E-state index in [1.54, 1.807) is 18.2 Å². The summed E-state index contributed by atoms with van der Waals surface area (Å²) in [6, 6.07) is 5.06. The molecule has 0 fully saturated rings. The van der Waals surface area contributed by atoms with Crippen molar-refractivity contribution in [2.45, 2.75) is 45.1 Å². The van der Waals surface area contributed by atoms with Crippen molar-refractivity contribution < 1.29 is 19.7 Å². The molecular weight excluding hydrogens is 244 g/mol. The SMILES string of the molecule is CCC[C@@H](O)CC(=O)CCc1ccc(O)c(OC)c1. The fourth-order valence-corrected chi connectivity index (χ4v) is 1.96. The molecule has 1 atom stereocenters. The summed E-state index contributed by atoms with van der Waals surface area (Å²) in [7, 11) is 1.49. The topological polar surface area (TPSA) is 66.8 Å². The number of aliphatic hydroxyl groups excluding tert-OH is 1. The van der Waals surface area contributed by atoms with Gasteiger partial charge in [0.15, 0.2) is 11.5 Å². The molecule has 0 spiro atoms. The number of aromatic hydroxyl groups is 1. The van der Waals surface area contributed by atoms with Crippen LogP contribution in [0.15, 0.2) is 18.2 Å². The first kappa shape index (κ1) is 15.5. The van der Waals surface area contributed by atoms with E-state index in [4.69, 9.17) is 4.74 Å². The van der Waals surface area contributed by atoms with Gasteiger partial charge in [0.2, 0.25) is 0 Å². The third-order valence-electron chi connectivity index (χ3n) is 3.02. The molecule has 0 radical (unpaired) electrons. The largest absolute Gasteiger partial charge is 0.504 e. The van der Waals surface area contributed by atoms with Crippen molar-refractivity contribution in [1.82, 2.24) is 0 Å². The summed E-state index contributed by atoms with van der Waals surface area (Å²) in [4.78, 5) is 11.7. The highest BCUT2D eigenvalue weighted by molar-refractivity contribution is 5.79. The zero-order valence-electron chi connectivity index (χ0n) is 11.6. The molecule has 0 heterocycles. The minimum atomic E-state index is -0.521. The number of ether oxygens (including phenoxy) is 1. The molecular formula is C15H22O4. The van der Waals surface area contributed by atoms with Gasteiger partial charge in [0.25, 0.3) is 0 Å². The van der Waals surface area contributed by atoms with Crippen molar-refractivity contribution in [3.63, 3.8) is 0 Å². The normalized spacial score (nSPS) is 12.2. The fraction of sp³-hybridized carbons (Fsp3) is 0.533. The molecule has 0 saturated heterocycles. The van der Waals surface area contributed by atoms with Crippen molar-refractivity contribution in [2.24, 2.45) is 0 Å². The van der Waals surface area contributed by atoms with E-state index in [2.05, 4.69) is 0 Å². The lowest BCUT2D eigenvalue weighted by Gasteiger charge is -2.09. The zero-order valence-corrected chi connectivity index (χ0v) is 11.6. The third kappa shape index (κ3) is 5.30. The Morgan fingerprint density at radius 2 is 2.16 bits per heavy atom. The van der Waals surface area contributed by atoms with Crippen LogP contribution in [0.4, 0.5) is 0 Å². The van der Waals surface area contributed by atoms with Gasteiger partial charge in [-0.3, -0.25) is 4.79 Å². The number of Topliss-reactive ketones (excluding diaryl/α,β-unsaturated/α-hetero) is 1. The van der Waals surface area contributed by atoms with Crippen molar-refractivity contribution >= 4 is 5.78 Å². The van der Waals surface area contributed by atoms with Gasteiger partial charge in [-0.15, -0.1) is 0 Å². The summed E-state index contributed by atoms with van der Waals surface area (Å²) in [5.41, 5.74) is 0.938. The summed E-state index contributed by atoms with van der Waals surface area (Å²) < 4.78 is 5.01. The molecule has 0 bridgehead atoms. The van der Waals surface area contributed by atoms with Gasteiger partial charge in [-0.25, -0.2) is 0 Å². The second-order valence-electron chi connectivity index (χ2n) is 4.69. The Hall–Kier alpha value is -1.55. The molecule has 0 unspecified atom stereocenters. The number of benzene rings is 1. The predicted octanol–water partition coefficient (Wildman–Crippen LogP) is 2.45. The number of aliphatic hydroxyl groups is 1. The summed E-state index contributed by atoms with van der Waals surface area (Å²) in [6.07, 6.45) is 2.24. The Bertz CT molecular complexity index is 415. The van der Waals surface area contributed by atoms with Gasteiger partial charge >= 0.3 is 0 Å². The highest BCUT2D eigenvalue weighted by atomic mass is 16.5. The number of phenols is 1. The van der Waals surface area contributed by atoms with Gasteiger partial charge in [0.05, 0.1) is 13.2 Å². The highest BCUT2D eigenvalue weighted by Crippen LogP contribution is 2.26. The van der Waals surface area contributed by atoms with Crippen LogP contribution < -0.4 is 4.74 Å². The lowest BCUT2D eigenvalue weighted by molar-refractivity contribution is -0.121. The molecule has 0 aliphatic carbocycles. The summed E-state index contributed by atoms with van der Waals surface area (Å²) in [5, 5.41) is 19.0. The van der Waals surface area contributed by atoms with Crippen LogP contribution in [-0.4, -0.2) is 29.2 Å². The van der Waals surface area contributed by atoms with E-state index in [0.717, 1.165) is 12.0 Å². The molecule has 106 valence electrons. The molecule has 2 N–H and O–H groups in total. The van der Waals surface area contributed by atoms with Crippen LogP contribution in [0.1, 0.15) is 38.2 Å². The van der Waals surface area contributed by atoms with Gasteiger partial charge in [-0.2, -0.15) is 0 Å². The maximum absolute atomic E-state index is 11.7. The van der Waals surface area contributed by atoms with E-state index < -0.39 is 6.10 Å². The minimum Gasteiger partial charge on any atom is -0.504 e. The van der Waals surface area contributed by atoms with Crippen LogP contribution in [0.25, 0.3) is 0 Å². The third-order valence-corrected chi connectivity index (χ3v) is 3.02. The minimum absolute atomic E-state index is 0.0630. The Morgan fingerprint density at radius 1 is 1.42 bits per heavy atom. The number of aryl methyl sites for hydroxylation is 1. The average molecular weight is 266 g/mol. The van der Waals surface area contributed by atoms with Crippen molar-refractivity contribution in [1.29, 1.82) is 0 Å². The molecule has 1 aromatic rings. The average Bonchev–Trinajstić information content (AvgIpc) is 2.38. The van der Waals surface area contributed by atoms with Crippen LogP contribution in [0.5, 0.6) is 11.5 Å². The van der Waals surface area contributed by atoms with Crippen LogP contribution >= 0.6 is 0 Å². The van der Waals surface area contributed by atoms with Crippen LogP contribution in [0.3, 0.4) is 0 Å². The molecule has 1 rings (SSSR count). The van der Waals surface area contributed by atoms with Gasteiger partial charge in [0.1, 0.15) is 5.78 Å². The number of hydrogen-bond donors (Lipinski definition) is 2. The van der Waals surface area contributed by atoms with Gasteiger partial charge < -0.3 is 14.9 Å². The number of carbonyl (C=O) groups is 1. The van der Waals surface area contributed by atoms with E-state index >= 15 is 0 Å². The van der Waals surface area contributed by atoms with Crippen LogP contribution in [-0.2, 0) is 11.2 Å². The zero-order chi connectivity index (χ0) is 14.3. The monoisotopic (exact) mass is 266 g/mol. The first-order valence-corrected chi connectivity index (χ1v) is 6.62. The quantitative estimate of drug-likeness (QED) is 0.758. The van der Waals surface area contributed by atoms with E-state index in [-0.39, 0.29) is 18.0 Å². The van der Waals surface area contributed by atoms with E-state index in [1.165, 1.54) is 7.11 Å². The molecule has 1 aromatic carbocycles. The maximum atomic E-state index is 11.7. The maximum Gasteiger partial charge on any atom is 0.160 e. The molecule has 0 aromatic heterocycles. The molecule has 0 saturated carbocycles. The Morgan fingerprint density at radius 3 is 2.79 bits per heavy atom. The van der Waals surface area contributed by atoms with Gasteiger partial charge in [-0.1, -0.05) is 19.4 Å². The number of phenolic OH excluding ortho intramolecular Hbond substituents is 1. The summed E-state index contributed by atoms with van der Waals surface area (Å²) in [5.74, 6) is 0.569. The Labute approximate surface area is 114 Å². The van der Waals surface area contributed by atoms with Crippen LogP contribution in [0, 0.1) is 0 Å². The predicted molar refractivity (Wildman–Crippen MR) is 73.5 cm³/mol. The number of methoxy groups -OCH3 is 1. The molecule has 19 heavy (non-hydrogen) atoms. The van der Waals surface area contributed by atoms with Gasteiger partial charge in [-0.05, 0) is 30.5 Å². The lowest BCUT2D eigenvalue weighted by atomic mass is 10.0. The standard InChI is InChI=1S/C15H22O4/c1-3-4-12(16)10-13(17)7-5-11-6-8-14(18)15(9-11)19-2/h6,8-9,12,16,18H,3-5,7,10H2,1-2H3/t12-/m1/s1. The molecule has 0 amide bonds. The smallest absolute Gasteiger partial charge is 0.160 e. The molecule has 4 nitrogen and oxygen atoms in total. The molecule has 4 heteroatoms. The van der Waals surface area contributed by atoms with E-state index in [9.17, 15) is 15.0 Å². The first-order chi connectivity index (χ1) is 9.06. The van der Waals surface area contributed by atoms with Gasteiger partial charge in [0, 0.05) is 12.8 Å². The van der Waals surface area contributed by atoms with Crippen molar-refractivity contribution in [2.75, 3.05) is 7.11 Å². The van der Waals surface area contributed by atoms with Crippen LogP contribution in [0.2, 0.25) is 0 Å². The molecule has 0 aliphatic rings. The number of ketones is 1. The van der Waals surface area contributed by atoms with E-state index in [1.807, 2.05) is 6.92 Å². The fourth-order valence-electron chi connectivity index (χ4n) is 1.96.